The Morgan fingerprint density at radius 1 is 1.06 bits per heavy atom. The van der Waals surface area contributed by atoms with E-state index in [0.29, 0.717) is 31.7 Å². The Balaban J connectivity index is 1.25. The van der Waals surface area contributed by atoms with Crippen LogP contribution in [-0.4, -0.2) is 35.3 Å². The van der Waals surface area contributed by atoms with E-state index < -0.39 is 0 Å². The Bertz CT molecular complexity index is 1190. The predicted molar refractivity (Wildman–Crippen MR) is 132 cm³/mol. The van der Waals surface area contributed by atoms with Crippen LogP contribution < -0.4 is 5.32 Å². The molecule has 2 fully saturated rings. The van der Waals surface area contributed by atoms with Gasteiger partial charge in [-0.2, -0.15) is 0 Å². The van der Waals surface area contributed by atoms with Gasteiger partial charge in [-0.1, -0.05) is 72.3 Å². The predicted octanol–water partition coefficient (Wildman–Crippen LogP) is 5.48. The lowest BCUT2D eigenvalue weighted by Gasteiger charge is -2.30. The number of nitrogens with one attached hydrogen (secondary N) is 1. The van der Waals surface area contributed by atoms with Crippen molar-refractivity contribution in [3.05, 3.63) is 82.9 Å². The number of carbonyl (C=O) groups is 2. The van der Waals surface area contributed by atoms with Gasteiger partial charge in [0.05, 0.1) is 0 Å². The lowest BCUT2D eigenvalue weighted by molar-refractivity contribution is -0.131. The molecule has 2 atom stereocenters. The zero-order valence-corrected chi connectivity index (χ0v) is 19.5. The first kappa shape index (κ1) is 22.0. The highest BCUT2D eigenvalue weighted by Gasteiger charge is 2.39. The summed E-state index contributed by atoms with van der Waals surface area (Å²) in [5.74, 6) is 0.548. The highest BCUT2D eigenvalue weighted by Crippen LogP contribution is 2.34. The van der Waals surface area contributed by atoms with Crippen LogP contribution in [0.25, 0.3) is 10.8 Å². The van der Waals surface area contributed by atoms with Gasteiger partial charge in [0.2, 0.25) is 11.8 Å². The Morgan fingerprint density at radius 3 is 2.64 bits per heavy atom. The first-order chi connectivity index (χ1) is 16.0. The molecule has 3 aromatic rings. The number of halogens is 1. The number of benzene rings is 3. The molecule has 2 amide bonds. The highest BCUT2D eigenvalue weighted by atomic mass is 35.5. The van der Waals surface area contributed by atoms with E-state index in [1.54, 1.807) is 0 Å². The molecule has 0 saturated carbocycles. The summed E-state index contributed by atoms with van der Waals surface area (Å²) in [4.78, 5) is 27.2. The third-order valence-electron chi connectivity index (χ3n) is 7.30. The van der Waals surface area contributed by atoms with E-state index in [0.717, 1.165) is 36.4 Å². The Labute approximate surface area is 199 Å². The van der Waals surface area contributed by atoms with Crippen molar-refractivity contribution in [2.24, 2.45) is 0 Å². The zero-order chi connectivity index (χ0) is 22.8. The van der Waals surface area contributed by atoms with Crippen LogP contribution in [0.4, 0.5) is 0 Å². The minimum absolute atomic E-state index is 0.0863. The first-order valence-electron chi connectivity index (χ1n) is 11.8. The SMILES string of the molecule is O=C1CC[C@@](CCC(=O)N2CC[C@@H](c3ccccc3Cl)C2)(Cc2ccc3ccccc3c2)N1. The normalized spacial score (nSPS) is 22.6. The molecule has 2 saturated heterocycles. The second-order valence-corrected chi connectivity index (χ2v) is 9.94. The molecule has 0 bridgehead atoms. The van der Waals surface area contributed by atoms with Gasteiger partial charge < -0.3 is 10.2 Å². The van der Waals surface area contributed by atoms with Gasteiger partial charge in [-0.15, -0.1) is 0 Å². The molecular weight excluding hydrogens is 432 g/mol. The maximum Gasteiger partial charge on any atom is 0.222 e. The minimum atomic E-state index is -0.350. The van der Waals surface area contributed by atoms with Crippen molar-refractivity contribution in [2.75, 3.05) is 13.1 Å². The van der Waals surface area contributed by atoms with Crippen molar-refractivity contribution in [3.63, 3.8) is 0 Å². The number of nitrogens with zero attached hydrogens (tertiary/aromatic N) is 1. The van der Waals surface area contributed by atoms with E-state index in [4.69, 9.17) is 11.6 Å². The van der Waals surface area contributed by atoms with Gasteiger partial charge in [0.15, 0.2) is 0 Å². The number of amides is 2. The van der Waals surface area contributed by atoms with E-state index in [2.05, 4.69) is 41.7 Å². The fraction of sp³-hybridized carbons (Fsp3) is 0.357. The molecule has 2 heterocycles. The van der Waals surface area contributed by atoms with E-state index in [1.807, 2.05) is 35.2 Å². The average Bonchev–Trinajstić information content (AvgIpc) is 3.45. The molecule has 2 aliphatic heterocycles. The number of fused-ring (bicyclic) bond motifs is 1. The van der Waals surface area contributed by atoms with Gasteiger partial charge in [0, 0.05) is 42.4 Å². The van der Waals surface area contributed by atoms with Gasteiger partial charge in [0.25, 0.3) is 0 Å². The largest absolute Gasteiger partial charge is 0.350 e. The van der Waals surface area contributed by atoms with Crippen LogP contribution in [0.3, 0.4) is 0 Å². The lowest BCUT2D eigenvalue weighted by Crippen LogP contribution is -2.44. The quantitative estimate of drug-likeness (QED) is 0.529. The van der Waals surface area contributed by atoms with Crippen LogP contribution >= 0.6 is 11.6 Å². The molecule has 5 rings (SSSR count). The number of carbonyl (C=O) groups excluding carboxylic acids is 2. The van der Waals surface area contributed by atoms with E-state index in [-0.39, 0.29) is 17.4 Å². The summed E-state index contributed by atoms with van der Waals surface area (Å²) in [6.45, 7) is 1.48. The van der Waals surface area contributed by atoms with Crippen molar-refractivity contribution in [1.82, 2.24) is 10.2 Å². The molecule has 2 aliphatic rings. The van der Waals surface area contributed by atoms with Gasteiger partial charge >= 0.3 is 0 Å². The molecule has 0 radical (unpaired) electrons. The first-order valence-corrected chi connectivity index (χ1v) is 12.2. The molecule has 5 heteroatoms. The molecule has 3 aromatic carbocycles. The fourth-order valence-corrected chi connectivity index (χ4v) is 5.76. The van der Waals surface area contributed by atoms with Crippen LogP contribution in [0.1, 0.15) is 49.1 Å². The smallest absolute Gasteiger partial charge is 0.222 e. The maximum atomic E-state index is 13.1. The van der Waals surface area contributed by atoms with Crippen molar-refractivity contribution in [1.29, 1.82) is 0 Å². The topological polar surface area (TPSA) is 49.4 Å². The van der Waals surface area contributed by atoms with Crippen molar-refractivity contribution in [2.45, 2.75) is 50.0 Å². The third-order valence-corrected chi connectivity index (χ3v) is 7.64. The van der Waals surface area contributed by atoms with E-state index >= 15 is 0 Å². The van der Waals surface area contributed by atoms with E-state index in [9.17, 15) is 9.59 Å². The molecule has 0 aliphatic carbocycles. The maximum absolute atomic E-state index is 13.1. The fourth-order valence-electron chi connectivity index (χ4n) is 5.47. The van der Waals surface area contributed by atoms with Crippen LogP contribution in [0.2, 0.25) is 5.02 Å². The molecule has 33 heavy (non-hydrogen) atoms. The Kier molecular flexibility index (Phi) is 6.11. The third kappa shape index (κ3) is 4.77. The molecule has 0 aromatic heterocycles. The monoisotopic (exact) mass is 460 g/mol. The molecule has 170 valence electrons. The van der Waals surface area contributed by atoms with Crippen molar-refractivity contribution < 1.29 is 9.59 Å². The van der Waals surface area contributed by atoms with Gasteiger partial charge in [-0.05, 0) is 53.6 Å². The summed E-state index contributed by atoms with van der Waals surface area (Å²) in [7, 11) is 0. The van der Waals surface area contributed by atoms with Crippen LogP contribution in [-0.2, 0) is 16.0 Å². The summed E-state index contributed by atoms with van der Waals surface area (Å²) in [6.07, 6.45) is 4.10. The molecule has 0 spiro atoms. The number of rotatable bonds is 6. The Hall–Kier alpha value is -2.85. The highest BCUT2D eigenvalue weighted by molar-refractivity contribution is 6.31. The molecule has 1 N–H and O–H groups in total. The minimum Gasteiger partial charge on any atom is -0.350 e. The second kappa shape index (κ2) is 9.18. The number of hydrogen-bond donors (Lipinski definition) is 1. The molecule has 4 nitrogen and oxygen atoms in total. The standard InChI is InChI=1S/C28H29ClN2O2/c29-25-8-4-3-7-24(25)23-13-16-31(19-23)27(33)12-15-28(14-11-26(32)30-28)18-20-9-10-21-5-1-2-6-22(21)17-20/h1-10,17,23H,11-16,18-19H2,(H,30,32)/t23-,28-/m1/s1. The lowest BCUT2D eigenvalue weighted by atomic mass is 9.84. The van der Waals surface area contributed by atoms with Gasteiger partial charge in [-0.3, -0.25) is 9.59 Å². The summed E-state index contributed by atoms with van der Waals surface area (Å²) < 4.78 is 0. The van der Waals surface area contributed by atoms with Crippen molar-refractivity contribution in [3.8, 4) is 0 Å². The van der Waals surface area contributed by atoms with E-state index in [1.165, 1.54) is 16.3 Å². The summed E-state index contributed by atoms with van der Waals surface area (Å²) in [5.41, 5.74) is 1.98. The van der Waals surface area contributed by atoms with Crippen LogP contribution in [0.15, 0.2) is 66.7 Å². The second-order valence-electron chi connectivity index (χ2n) is 9.53. The van der Waals surface area contributed by atoms with Gasteiger partial charge in [0.1, 0.15) is 0 Å². The molecule has 0 unspecified atom stereocenters. The average molecular weight is 461 g/mol. The number of hydrogen-bond acceptors (Lipinski definition) is 2. The van der Waals surface area contributed by atoms with Crippen LogP contribution in [0, 0.1) is 0 Å². The zero-order valence-electron chi connectivity index (χ0n) is 18.7. The van der Waals surface area contributed by atoms with Gasteiger partial charge in [-0.25, -0.2) is 0 Å². The van der Waals surface area contributed by atoms with Crippen LogP contribution in [0.5, 0.6) is 0 Å². The number of likely N-dealkylation sites (tertiary alicyclic amines) is 1. The summed E-state index contributed by atoms with van der Waals surface area (Å²) >= 11 is 6.38. The Morgan fingerprint density at radius 2 is 1.85 bits per heavy atom. The summed E-state index contributed by atoms with van der Waals surface area (Å²) in [6, 6.07) is 22.7. The van der Waals surface area contributed by atoms with Crippen molar-refractivity contribution >= 4 is 34.2 Å². The summed E-state index contributed by atoms with van der Waals surface area (Å²) in [5, 5.41) is 6.42. The molecular formula is C28H29ClN2O2.